The Morgan fingerprint density at radius 2 is 2.00 bits per heavy atom. The highest BCUT2D eigenvalue weighted by molar-refractivity contribution is 7.19. The minimum atomic E-state index is -0.224. The number of halogens is 2. The Morgan fingerprint density at radius 1 is 1.17 bits per heavy atom. The first kappa shape index (κ1) is 20.1. The van der Waals surface area contributed by atoms with Crippen molar-refractivity contribution in [3.05, 3.63) is 64.4 Å². The topological polar surface area (TPSA) is 94.5 Å². The Morgan fingerprint density at radius 3 is 2.67 bits per heavy atom. The fourth-order valence-electron chi connectivity index (χ4n) is 3.08. The zero-order chi connectivity index (χ0) is 21.3. The number of hydrogen-bond donors (Lipinski definition) is 2. The summed E-state index contributed by atoms with van der Waals surface area (Å²) in [5, 5.41) is 20.7. The van der Waals surface area contributed by atoms with E-state index in [1.54, 1.807) is 42.7 Å². The second-order valence-electron chi connectivity index (χ2n) is 6.33. The van der Waals surface area contributed by atoms with Gasteiger partial charge in [0.2, 0.25) is 5.91 Å². The molecule has 4 rings (SSSR count). The van der Waals surface area contributed by atoms with E-state index in [-0.39, 0.29) is 5.91 Å². The summed E-state index contributed by atoms with van der Waals surface area (Å²) < 4.78 is 0. The summed E-state index contributed by atoms with van der Waals surface area (Å²) in [7, 11) is 0. The van der Waals surface area contributed by atoms with Crippen LogP contribution >= 0.6 is 34.5 Å². The van der Waals surface area contributed by atoms with E-state index in [9.17, 15) is 10.1 Å². The summed E-state index contributed by atoms with van der Waals surface area (Å²) in [4.78, 5) is 17.1. The number of carbonyl (C=O) groups is 1. The molecule has 1 amide bonds. The third-order valence-corrected chi connectivity index (χ3v) is 6.11. The third-order valence-electron chi connectivity index (χ3n) is 4.29. The Balaban J connectivity index is 1.98. The molecule has 148 valence electrons. The minimum absolute atomic E-state index is 0.224. The summed E-state index contributed by atoms with van der Waals surface area (Å²) >= 11 is 14.0. The Hall–Kier alpha value is -3.18. The number of anilines is 1. The van der Waals surface area contributed by atoms with Crippen LogP contribution in [0, 0.1) is 11.3 Å². The molecular formula is C21H13Cl2N5OS. The molecule has 0 aliphatic heterocycles. The first-order valence-corrected chi connectivity index (χ1v) is 10.3. The Bertz CT molecular complexity index is 1290. The van der Waals surface area contributed by atoms with Crippen LogP contribution in [0.2, 0.25) is 10.0 Å². The number of aromatic amines is 1. The summed E-state index contributed by atoms with van der Waals surface area (Å²) in [5.74, 6) is 0.185. The normalized spacial score (nSPS) is 10.6. The lowest BCUT2D eigenvalue weighted by Gasteiger charge is -2.07. The number of nitrogens with one attached hydrogen (secondary N) is 2. The first-order chi connectivity index (χ1) is 14.5. The summed E-state index contributed by atoms with van der Waals surface area (Å²) in [6.07, 6.45) is 3.24. The van der Waals surface area contributed by atoms with Gasteiger partial charge in [0.25, 0.3) is 0 Å². The van der Waals surface area contributed by atoms with Crippen LogP contribution in [-0.4, -0.2) is 21.1 Å². The lowest BCUT2D eigenvalue weighted by Crippen LogP contribution is -2.07. The molecule has 4 aromatic rings. The number of hydrogen-bond acceptors (Lipinski definition) is 5. The average Bonchev–Trinajstić information content (AvgIpc) is 3.35. The van der Waals surface area contributed by atoms with E-state index in [1.807, 2.05) is 6.07 Å². The van der Waals surface area contributed by atoms with E-state index in [0.29, 0.717) is 32.6 Å². The Labute approximate surface area is 186 Å². The van der Waals surface area contributed by atoms with Crippen LogP contribution in [0.15, 0.2) is 48.8 Å². The molecule has 3 aromatic heterocycles. The fourth-order valence-corrected chi connectivity index (χ4v) is 4.82. The van der Waals surface area contributed by atoms with Crippen LogP contribution in [0.5, 0.6) is 0 Å². The number of rotatable bonds is 4. The minimum Gasteiger partial charge on any atom is -0.311 e. The number of aromatic nitrogens is 3. The molecule has 1 aromatic carbocycles. The largest absolute Gasteiger partial charge is 0.311 e. The third kappa shape index (κ3) is 3.81. The van der Waals surface area contributed by atoms with Crippen LogP contribution in [0.1, 0.15) is 12.5 Å². The van der Waals surface area contributed by atoms with Gasteiger partial charge in [-0.25, -0.2) is 4.98 Å². The van der Waals surface area contributed by atoms with E-state index >= 15 is 0 Å². The smallest absolute Gasteiger partial charge is 0.222 e. The van der Waals surface area contributed by atoms with E-state index in [1.165, 1.54) is 18.3 Å². The predicted octanol–water partition coefficient (Wildman–Crippen LogP) is 6.00. The SMILES string of the molecule is CC(=O)Nc1cc(-c2sc(-c3ccn[nH]3)c(-c3ccc(Cl)cc3Cl)c2C#N)ccn1. The van der Waals surface area contributed by atoms with E-state index < -0.39 is 0 Å². The molecule has 0 unspecified atom stereocenters. The number of benzene rings is 1. The molecule has 0 saturated heterocycles. The van der Waals surface area contributed by atoms with Crippen LogP contribution in [0.25, 0.3) is 32.1 Å². The van der Waals surface area contributed by atoms with Gasteiger partial charge in [0.15, 0.2) is 0 Å². The van der Waals surface area contributed by atoms with Gasteiger partial charge < -0.3 is 5.32 Å². The van der Waals surface area contributed by atoms with E-state index in [2.05, 4.69) is 26.6 Å². The van der Waals surface area contributed by atoms with E-state index in [4.69, 9.17) is 23.2 Å². The summed E-state index contributed by atoms with van der Waals surface area (Å²) in [6, 6.07) is 12.9. The number of carbonyl (C=O) groups excluding carboxylic acids is 1. The van der Waals surface area contributed by atoms with Crippen LogP contribution in [0.4, 0.5) is 5.82 Å². The van der Waals surface area contributed by atoms with Gasteiger partial charge in [-0.3, -0.25) is 9.89 Å². The van der Waals surface area contributed by atoms with Gasteiger partial charge in [-0.15, -0.1) is 11.3 Å². The van der Waals surface area contributed by atoms with Crippen molar-refractivity contribution in [2.45, 2.75) is 6.92 Å². The highest BCUT2D eigenvalue weighted by atomic mass is 35.5. The maximum Gasteiger partial charge on any atom is 0.222 e. The number of pyridine rings is 1. The maximum absolute atomic E-state index is 11.4. The van der Waals surface area contributed by atoms with Crippen LogP contribution in [0.3, 0.4) is 0 Å². The molecule has 0 aliphatic rings. The molecule has 0 fully saturated rings. The van der Waals surface area contributed by atoms with Gasteiger partial charge in [0.05, 0.1) is 21.0 Å². The van der Waals surface area contributed by atoms with Gasteiger partial charge in [-0.05, 0) is 35.9 Å². The fraction of sp³-hybridized carbons (Fsp3) is 0.0476. The lowest BCUT2D eigenvalue weighted by molar-refractivity contribution is -0.114. The van der Waals surface area contributed by atoms with Crippen molar-refractivity contribution in [2.24, 2.45) is 0 Å². The monoisotopic (exact) mass is 453 g/mol. The molecule has 9 heteroatoms. The maximum atomic E-state index is 11.4. The van der Waals surface area contributed by atoms with Gasteiger partial charge in [0.1, 0.15) is 11.9 Å². The van der Waals surface area contributed by atoms with Crippen LogP contribution < -0.4 is 5.32 Å². The highest BCUT2D eigenvalue weighted by Crippen LogP contribution is 2.48. The number of thiophene rings is 1. The predicted molar refractivity (Wildman–Crippen MR) is 120 cm³/mol. The molecule has 30 heavy (non-hydrogen) atoms. The number of nitrogens with zero attached hydrogens (tertiary/aromatic N) is 3. The van der Waals surface area contributed by atoms with Crippen molar-refractivity contribution >= 4 is 46.3 Å². The summed E-state index contributed by atoms with van der Waals surface area (Å²) in [5.41, 5.74) is 3.38. The highest BCUT2D eigenvalue weighted by Gasteiger charge is 2.24. The van der Waals surface area contributed by atoms with Crippen molar-refractivity contribution in [1.29, 1.82) is 5.26 Å². The molecule has 0 saturated carbocycles. The molecule has 0 bridgehead atoms. The zero-order valence-corrected chi connectivity index (χ0v) is 17.9. The number of nitriles is 1. The van der Waals surface area contributed by atoms with Crippen LogP contribution in [-0.2, 0) is 4.79 Å². The molecule has 0 aliphatic carbocycles. The second-order valence-corrected chi connectivity index (χ2v) is 8.19. The average molecular weight is 454 g/mol. The standard InChI is InChI=1S/C21H13Cl2N5OS/c1-11(29)27-18-8-12(4-6-25-18)20-15(10-24)19(14-3-2-13(22)9-16(14)23)21(30-20)17-5-7-26-28-17/h2-9H,1H3,(H,26,28)(H,25,27,29). The van der Waals surface area contributed by atoms with Crippen molar-refractivity contribution < 1.29 is 4.79 Å². The molecular weight excluding hydrogens is 441 g/mol. The van der Waals surface area contributed by atoms with E-state index in [0.717, 1.165) is 21.0 Å². The lowest BCUT2D eigenvalue weighted by atomic mass is 9.98. The van der Waals surface area contributed by atoms with Gasteiger partial charge >= 0.3 is 0 Å². The molecule has 0 atom stereocenters. The Kier molecular flexibility index (Phi) is 5.55. The molecule has 3 heterocycles. The molecule has 2 N–H and O–H groups in total. The first-order valence-electron chi connectivity index (χ1n) is 8.74. The van der Waals surface area contributed by atoms with Crippen molar-refractivity contribution in [3.63, 3.8) is 0 Å². The zero-order valence-electron chi connectivity index (χ0n) is 15.5. The molecule has 6 nitrogen and oxygen atoms in total. The molecule has 0 radical (unpaired) electrons. The quantitative estimate of drug-likeness (QED) is 0.395. The van der Waals surface area contributed by atoms with Gasteiger partial charge in [-0.2, -0.15) is 10.4 Å². The van der Waals surface area contributed by atoms with Crippen molar-refractivity contribution in [2.75, 3.05) is 5.32 Å². The van der Waals surface area contributed by atoms with Gasteiger partial charge in [-0.1, -0.05) is 29.3 Å². The number of H-pyrrole nitrogens is 1. The van der Waals surface area contributed by atoms with Gasteiger partial charge in [0, 0.05) is 40.5 Å². The van der Waals surface area contributed by atoms with Crippen molar-refractivity contribution in [1.82, 2.24) is 15.2 Å². The summed E-state index contributed by atoms with van der Waals surface area (Å²) in [6.45, 7) is 1.41. The second kappa shape index (κ2) is 8.28. The van der Waals surface area contributed by atoms with Crippen molar-refractivity contribution in [3.8, 4) is 38.2 Å². The number of amides is 1. The molecule has 0 spiro atoms.